The Morgan fingerprint density at radius 2 is 1.49 bits per heavy atom. The number of para-hydroxylation sites is 1. The van der Waals surface area contributed by atoms with E-state index in [-0.39, 0.29) is 5.91 Å². The molecule has 1 aliphatic rings. The quantitative estimate of drug-likeness (QED) is 0.328. The number of anilines is 1. The molecule has 3 heterocycles. The fourth-order valence-corrected chi connectivity index (χ4v) is 5.14. The molecule has 0 saturated carbocycles. The molecule has 3 aromatic carbocycles. The van der Waals surface area contributed by atoms with Gasteiger partial charge in [-0.25, -0.2) is 9.97 Å². The zero-order valence-corrected chi connectivity index (χ0v) is 21.1. The highest BCUT2D eigenvalue weighted by molar-refractivity contribution is 6.02. The van der Waals surface area contributed by atoms with Gasteiger partial charge in [-0.3, -0.25) is 4.79 Å². The van der Waals surface area contributed by atoms with Crippen molar-refractivity contribution >= 4 is 22.8 Å². The Bertz CT molecular complexity index is 1570. The summed E-state index contributed by atoms with van der Waals surface area (Å²) in [6.07, 6.45) is 3.84. The molecule has 0 aliphatic carbocycles. The van der Waals surface area contributed by atoms with E-state index in [0.29, 0.717) is 26.2 Å². The van der Waals surface area contributed by atoms with Gasteiger partial charge in [0.2, 0.25) is 0 Å². The van der Waals surface area contributed by atoms with Crippen LogP contribution in [0.15, 0.2) is 91.4 Å². The number of aryl methyl sites for hydroxylation is 2. The molecule has 0 radical (unpaired) electrons. The Kier molecular flexibility index (Phi) is 5.93. The summed E-state index contributed by atoms with van der Waals surface area (Å²) in [5.74, 6) is 1.00. The SMILES string of the molecule is Cc1ccc(C(=O)N2CCN(c3ncnc4c3c(-c3ccccc3)cn4-c3ccccc3C)CC2)cc1. The van der Waals surface area contributed by atoms with Crippen molar-refractivity contribution in [3.05, 3.63) is 108 Å². The molecule has 37 heavy (non-hydrogen) atoms. The zero-order chi connectivity index (χ0) is 25.4. The van der Waals surface area contributed by atoms with Crippen LogP contribution in [-0.2, 0) is 0 Å². The van der Waals surface area contributed by atoms with Crippen LogP contribution in [0.4, 0.5) is 5.82 Å². The van der Waals surface area contributed by atoms with E-state index in [0.717, 1.165) is 44.8 Å². The van der Waals surface area contributed by atoms with Crippen LogP contribution < -0.4 is 4.90 Å². The van der Waals surface area contributed by atoms with E-state index >= 15 is 0 Å². The summed E-state index contributed by atoms with van der Waals surface area (Å²) in [4.78, 5) is 26.8. The van der Waals surface area contributed by atoms with E-state index in [4.69, 9.17) is 9.97 Å². The highest BCUT2D eigenvalue weighted by Crippen LogP contribution is 2.37. The van der Waals surface area contributed by atoms with Crippen molar-refractivity contribution in [1.82, 2.24) is 19.4 Å². The van der Waals surface area contributed by atoms with Gasteiger partial charge in [-0.2, -0.15) is 0 Å². The Morgan fingerprint density at radius 1 is 0.784 bits per heavy atom. The number of nitrogens with zero attached hydrogens (tertiary/aromatic N) is 5. The molecule has 5 aromatic rings. The third kappa shape index (κ3) is 4.25. The normalized spacial score (nSPS) is 13.8. The maximum absolute atomic E-state index is 13.1. The number of aromatic nitrogens is 3. The lowest BCUT2D eigenvalue weighted by Crippen LogP contribution is -2.49. The number of benzene rings is 3. The molecule has 1 aliphatic heterocycles. The summed E-state index contributed by atoms with van der Waals surface area (Å²) >= 11 is 0. The molecule has 0 atom stereocenters. The molecule has 1 fully saturated rings. The Morgan fingerprint density at radius 3 is 2.22 bits per heavy atom. The zero-order valence-electron chi connectivity index (χ0n) is 21.1. The second-order valence-electron chi connectivity index (χ2n) is 9.61. The minimum atomic E-state index is 0.0863. The number of fused-ring (bicyclic) bond motifs is 1. The maximum atomic E-state index is 13.1. The van der Waals surface area contributed by atoms with Gasteiger partial charge in [0.05, 0.1) is 5.39 Å². The summed E-state index contributed by atoms with van der Waals surface area (Å²) < 4.78 is 2.18. The molecule has 0 unspecified atom stereocenters. The predicted molar refractivity (Wildman–Crippen MR) is 148 cm³/mol. The lowest BCUT2D eigenvalue weighted by molar-refractivity contribution is 0.0746. The van der Waals surface area contributed by atoms with Crippen molar-refractivity contribution in [3.63, 3.8) is 0 Å². The molecule has 0 spiro atoms. The monoisotopic (exact) mass is 487 g/mol. The first kappa shape index (κ1) is 23.0. The van der Waals surface area contributed by atoms with Gasteiger partial charge in [0, 0.05) is 49.2 Å². The van der Waals surface area contributed by atoms with Gasteiger partial charge in [-0.05, 0) is 43.2 Å². The van der Waals surface area contributed by atoms with Crippen molar-refractivity contribution in [3.8, 4) is 16.8 Å². The number of carbonyl (C=O) groups excluding carboxylic acids is 1. The minimum Gasteiger partial charge on any atom is -0.352 e. The van der Waals surface area contributed by atoms with E-state index < -0.39 is 0 Å². The van der Waals surface area contributed by atoms with Gasteiger partial charge in [0.25, 0.3) is 5.91 Å². The minimum absolute atomic E-state index is 0.0863. The van der Waals surface area contributed by atoms with E-state index in [2.05, 4.69) is 71.1 Å². The molecule has 1 saturated heterocycles. The van der Waals surface area contributed by atoms with Crippen molar-refractivity contribution in [2.24, 2.45) is 0 Å². The molecule has 6 heteroatoms. The Labute approximate surface area is 216 Å². The molecular weight excluding hydrogens is 458 g/mol. The van der Waals surface area contributed by atoms with E-state index in [9.17, 15) is 4.79 Å². The summed E-state index contributed by atoms with van der Waals surface area (Å²) in [7, 11) is 0. The molecule has 6 nitrogen and oxygen atoms in total. The Hall–Kier alpha value is -4.45. The lowest BCUT2D eigenvalue weighted by atomic mass is 10.1. The molecule has 0 N–H and O–H groups in total. The van der Waals surface area contributed by atoms with Crippen molar-refractivity contribution in [2.75, 3.05) is 31.1 Å². The second kappa shape index (κ2) is 9.54. The summed E-state index contributed by atoms with van der Waals surface area (Å²) in [6.45, 7) is 6.89. The van der Waals surface area contributed by atoms with Crippen molar-refractivity contribution < 1.29 is 4.79 Å². The highest BCUT2D eigenvalue weighted by atomic mass is 16.2. The van der Waals surface area contributed by atoms with Crippen molar-refractivity contribution in [2.45, 2.75) is 13.8 Å². The van der Waals surface area contributed by atoms with E-state index in [1.165, 1.54) is 5.56 Å². The average molecular weight is 488 g/mol. The topological polar surface area (TPSA) is 54.3 Å². The van der Waals surface area contributed by atoms with Crippen LogP contribution in [0.1, 0.15) is 21.5 Å². The van der Waals surface area contributed by atoms with Crippen LogP contribution in [-0.4, -0.2) is 51.5 Å². The van der Waals surface area contributed by atoms with Crippen LogP contribution in [0.5, 0.6) is 0 Å². The van der Waals surface area contributed by atoms with E-state index in [1.807, 2.05) is 42.2 Å². The van der Waals surface area contributed by atoms with Crippen LogP contribution in [0.3, 0.4) is 0 Å². The van der Waals surface area contributed by atoms with Gasteiger partial charge in [0.15, 0.2) is 5.65 Å². The number of piperazine rings is 1. The third-order valence-corrected chi connectivity index (χ3v) is 7.19. The highest BCUT2D eigenvalue weighted by Gasteiger charge is 2.26. The van der Waals surface area contributed by atoms with Crippen LogP contribution in [0.25, 0.3) is 27.8 Å². The largest absolute Gasteiger partial charge is 0.352 e. The van der Waals surface area contributed by atoms with Gasteiger partial charge in [-0.15, -0.1) is 0 Å². The van der Waals surface area contributed by atoms with Crippen LogP contribution in [0, 0.1) is 13.8 Å². The van der Waals surface area contributed by atoms with E-state index in [1.54, 1.807) is 6.33 Å². The second-order valence-corrected chi connectivity index (χ2v) is 9.61. The number of rotatable bonds is 4. The summed E-state index contributed by atoms with van der Waals surface area (Å²) in [6, 6.07) is 26.6. The maximum Gasteiger partial charge on any atom is 0.253 e. The Balaban J connectivity index is 1.38. The average Bonchev–Trinajstić information content (AvgIpc) is 3.34. The fourth-order valence-electron chi connectivity index (χ4n) is 5.14. The van der Waals surface area contributed by atoms with Crippen LogP contribution in [0.2, 0.25) is 0 Å². The number of hydrogen-bond acceptors (Lipinski definition) is 4. The molecule has 6 rings (SSSR count). The van der Waals surface area contributed by atoms with Crippen LogP contribution >= 0.6 is 0 Å². The molecular formula is C31H29N5O. The number of hydrogen-bond donors (Lipinski definition) is 0. The van der Waals surface area contributed by atoms with Gasteiger partial charge in [-0.1, -0.05) is 66.2 Å². The van der Waals surface area contributed by atoms with Gasteiger partial charge < -0.3 is 14.4 Å². The number of amides is 1. The fraction of sp³-hybridized carbons (Fsp3) is 0.194. The van der Waals surface area contributed by atoms with Gasteiger partial charge >= 0.3 is 0 Å². The first-order valence-corrected chi connectivity index (χ1v) is 12.7. The van der Waals surface area contributed by atoms with Gasteiger partial charge in [0.1, 0.15) is 12.1 Å². The first-order chi connectivity index (χ1) is 18.1. The van der Waals surface area contributed by atoms with Crippen molar-refractivity contribution in [1.29, 1.82) is 0 Å². The summed E-state index contributed by atoms with van der Waals surface area (Å²) in [5, 5.41) is 1.04. The third-order valence-electron chi connectivity index (χ3n) is 7.19. The molecule has 2 aromatic heterocycles. The molecule has 0 bridgehead atoms. The lowest BCUT2D eigenvalue weighted by Gasteiger charge is -2.35. The molecule has 1 amide bonds. The standard InChI is InChI=1S/C31H29N5O/c1-22-12-14-25(15-13-22)31(37)35-18-16-34(17-19-35)29-28-26(24-9-4-3-5-10-24)20-36(30(28)33-21-32-29)27-11-7-6-8-23(27)2/h3-15,20-21H,16-19H2,1-2H3. The number of carbonyl (C=O) groups is 1. The summed E-state index contributed by atoms with van der Waals surface area (Å²) in [5.41, 5.74) is 7.30. The first-order valence-electron chi connectivity index (χ1n) is 12.7. The predicted octanol–water partition coefficient (Wildman–Crippen LogP) is 5.67. The smallest absolute Gasteiger partial charge is 0.253 e. The molecule has 184 valence electrons.